The summed E-state index contributed by atoms with van der Waals surface area (Å²) in [4.78, 5) is 28.6. The molecule has 3 aromatic carbocycles. The zero-order valence-electron chi connectivity index (χ0n) is 20.6. The van der Waals surface area contributed by atoms with Gasteiger partial charge in [-0.05, 0) is 54.3 Å². The summed E-state index contributed by atoms with van der Waals surface area (Å²) in [5.41, 5.74) is 2.59. The van der Waals surface area contributed by atoms with E-state index in [4.69, 9.17) is 0 Å². The molecule has 0 radical (unpaired) electrons. The van der Waals surface area contributed by atoms with Crippen molar-refractivity contribution in [2.75, 3.05) is 5.75 Å². The van der Waals surface area contributed by atoms with Crippen molar-refractivity contribution in [3.8, 4) is 0 Å². The number of hydrogen-bond donors (Lipinski definition) is 1. The van der Waals surface area contributed by atoms with Crippen LogP contribution in [-0.4, -0.2) is 34.6 Å². The van der Waals surface area contributed by atoms with Gasteiger partial charge < -0.3 is 10.2 Å². The van der Waals surface area contributed by atoms with E-state index in [-0.39, 0.29) is 41.8 Å². The van der Waals surface area contributed by atoms with Crippen LogP contribution in [0.4, 0.5) is 8.78 Å². The zero-order chi connectivity index (χ0) is 25.9. The summed E-state index contributed by atoms with van der Waals surface area (Å²) in [7, 11) is 0. The van der Waals surface area contributed by atoms with Crippen molar-refractivity contribution in [3.05, 3.63) is 107 Å². The first kappa shape index (κ1) is 27.4. The van der Waals surface area contributed by atoms with Crippen LogP contribution in [0.2, 0.25) is 0 Å². The molecular formula is C29H32F2N2O2S. The number of carbonyl (C=O) groups excluding carboxylic acids is 2. The van der Waals surface area contributed by atoms with E-state index < -0.39 is 6.04 Å². The Kier molecular flexibility index (Phi) is 10.5. The molecule has 3 aromatic rings. The minimum atomic E-state index is -0.731. The molecule has 0 aliphatic heterocycles. The minimum absolute atomic E-state index is 0.0357. The molecule has 0 fully saturated rings. The number of carbonyl (C=O) groups is 2. The summed E-state index contributed by atoms with van der Waals surface area (Å²) >= 11 is 1.41. The minimum Gasteiger partial charge on any atom is -0.352 e. The molecule has 1 N–H and O–H groups in total. The third-order valence-corrected chi connectivity index (χ3v) is 6.93. The molecule has 0 saturated heterocycles. The maximum absolute atomic E-state index is 13.5. The van der Waals surface area contributed by atoms with Gasteiger partial charge in [0.25, 0.3) is 0 Å². The number of amides is 2. The maximum Gasteiger partial charge on any atom is 0.243 e. The van der Waals surface area contributed by atoms with Crippen LogP contribution in [-0.2, 0) is 28.3 Å². The van der Waals surface area contributed by atoms with Gasteiger partial charge in [-0.2, -0.15) is 0 Å². The van der Waals surface area contributed by atoms with Gasteiger partial charge in [0.1, 0.15) is 17.7 Å². The van der Waals surface area contributed by atoms with Gasteiger partial charge in [-0.1, -0.05) is 61.5 Å². The number of benzene rings is 3. The first-order chi connectivity index (χ1) is 17.4. The lowest BCUT2D eigenvalue weighted by atomic mass is 10.0. The fourth-order valence-electron chi connectivity index (χ4n) is 3.70. The third kappa shape index (κ3) is 8.48. The van der Waals surface area contributed by atoms with Crippen LogP contribution in [0.25, 0.3) is 0 Å². The van der Waals surface area contributed by atoms with Gasteiger partial charge in [-0.15, -0.1) is 11.8 Å². The third-order valence-electron chi connectivity index (χ3n) is 5.95. The largest absolute Gasteiger partial charge is 0.352 e. The van der Waals surface area contributed by atoms with E-state index in [1.165, 1.54) is 36.0 Å². The van der Waals surface area contributed by atoms with E-state index in [0.29, 0.717) is 12.2 Å². The number of nitrogens with zero attached hydrogens (tertiary/aromatic N) is 1. The molecule has 4 nitrogen and oxygen atoms in total. The lowest BCUT2D eigenvalue weighted by Crippen LogP contribution is -2.52. The maximum atomic E-state index is 13.5. The van der Waals surface area contributed by atoms with E-state index in [1.54, 1.807) is 29.2 Å². The Bertz CT molecular complexity index is 1110. The van der Waals surface area contributed by atoms with Gasteiger partial charge in [-0.3, -0.25) is 9.59 Å². The van der Waals surface area contributed by atoms with Gasteiger partial charge in [-0.25, -0.2) is 8.78 Å². The van der Waals surface area contributed by atoms with E-state index in [9.17, 15) is 18.4 Å². The average Bonchev–Trinajstić information content (AvgIpc) is 2.88. The second-order valence-electron chi connectivity index (χ2n) is 8.79. The fourth-order valence-corrected chi connectivity index (χ4v) is 4.57. The van der Waals surface area contributed by atoms with Crippen LogP contribution < -0.4 is 5.32 Å². The van der Waals surface area contributed by atoms with E-state index in [1.807, 2.05) is 44.2 Å². The van der Waals surface area contributed by atoms with Gasteiger partial charge >= 0.3 is 0 Å². The van der Waals surface area contributed by atoms with Crippen molar-refractivity contribution in [2.45, 2.75) is 51.1 Å². The van der Waals surface area contributed by atoms with Crippen molar-refractivity contribution < 1.29 is 18.4 Å². The quantitative estimate of drug-likeness (QED) is 0.337. The summed E-state index contributed by atoms with van der Waals surface area (Å²) < 4.78 is 26.7. The van der Waals surface area contributed by atoms with Gasteiger partial charge in [0.05, 0.1) is 5.75 Å². The summed E-state index contributed by atoms with van der Waals surface area (Å²) in [6.45, 7) is 4.11. The Balaban J connectivity index is 1.84. The first-order valence-electron chi connectivity index (χ1n) is 12.1. The number of halogens is 2. The predicted octanol–water partition coefficient (Wildman–Crippen LogP) is 5.75. The smallest absolute Gasteiger partial charge is 0.243 e. The number of rotatable bonds is 12. The van der Waals surface area contributed by atoms with Crippen molar-refractivity contribution >= 4 is 23.6 Å². The second kappa shape index (κ2) is 13.8. The van der Waals surface area contributed by atoms with Crippen LogP contribution in [0.5, 0.6) is 0 Å². The lowest BCUT2D eigenvalue weighted by molar-refractivity contribution is -0.139. The Morgan fingerprint density at radius 2 is 1.44 bits per heavy atom. The fraction of sp³-hybridized carbons (Fsp3) is 0.310. The van der Waals surface area contributed by atoms with E-state index in [0.717, 1.165) is 23.1 Å². The van der Waals surface area contributed by atoms with Crippen molar-refractivity contribution in [2.24, 2.45) is 0 Å². The van der Waals surface area contributed by atoms with Gasteiger partial charge in [0.2, 0.25) is 11.8 Å². The normalized spacial score (nSPS) is 12.6. The predicted molar refractivity (Wildman–Crippen MR) is 141 cm³/mol. The number of nitrogens with one attached hydrogen (secondary N) is 1. The van der Waals surface area contributed by atoms with Crippen LogP contribution >= 0.6 is 11.8 Å². The highest BCUT2D eigenvalue weighted by atomic mass is 32.2. The molecule has 2 atom stereocenters. The second-order valence-corrected chi connectivity index (χ2v) is 9.78. The molecule has 0 heterocycles. The van der Waals surface area contributed by atoms with Crippen molar-refractivity contribution in [3.63, 3.8) is 0 Å². The number of thioether (sulfide) groups is 1. The molecule has 7 heteroatoms. The topological polar surface area (TPSA) is 49.4 Å². The Morgan fingerprint density at radius 3 is 2.03 bits per heavy atom. The van der Waals surface area contributed by atoms with E-state index in [2.05, 4.69) is 5.32 Å². The molecular weight excluding hydrogens is 478 g/mol. The van der Waals surface area contributed by atoms with Gasteiger partial charge in [0, 0.05) is 24.8 Å². The van der Waals surface area contributed by atoms with Crippen LogP contribution in [0.1, 0.15) is 37.0 Å². The van der Waals surface area contributed by atoms with Crippen molar-refractivity contribution in [1.82, 2.24) is 10.2 Å². The van der Waals surface area contributed by atoms with Crippen LogP contribution in [0.3, 0.4) is 0 Å². The van der Waals surface area contributed by atoms with E-state index >= 15 is 0 Å². The van der Waals surface area contributed by atoms with Crippen LogP contribution in [0.15, 0.2) is 78.9 Å². The molecule has 190 valence electrons. The first-order valence-corrected chi connectivity index (χ1v) is 13.2. The zero-order valence-corrected chi connectivity index (χ0v) is 21.4. The molecule has 0 spiro atoms. The molecule has 0 aliphatic carbocycles. The summed E-state index contributed by atoms with van der Waals surface area (Å²) in [6, 6.07) is 21.0. The highest BCUT2D eigenvalue weighted by Gasteiger charge is 2.30. The lowest BCUT2D eigenvalue weighted by Gasteiger charge is -2.32. The molecule has 3 rings (SSSR count). The molecule has 0 aliphatic rings. The molecule has 0 unspecified atom stereocenters. The molecule has 0 bridgehead atoms. The highest BCUT2D eigenvalue weighted by Crippen LogP contribution is 2.19. The monoisotopic (exact) mass is 510 g/mol. The Labute approximate surface area is 216 Å². The summed E-state index contributed by atoms with van der Waals surface area (Å²) in [5.74, 6) is -0.374. The SMILES string of the molecule is CC[C@H](C)NC(=O)[C@@H](Cc1ccccc1)N(Cc1ccc(F)cc1)C(=O)CSCc1ccc(F)cc1. The average molecular weight is 511 g/mol. The van der Waals surface area contributed by atoms with Crippen molar-refractivity contribution in [1.29, 1.82) is 0 Å². The molecule has 0 aromatic heterocycles. The number of hydrogen-bond acceptors (Lipinski definition) is 3. The standard InChI is InChI=1S/C29H32F2N2O2S/c1-3-21(2)32-29(35)27(17-22-7-5-4-6-8-22)33(18-23-9-13-25(30)14-10-23)28(34)20-36-19-24-11-15-26(31)16-12-24/h4-16,21,27H,3,17-20H2,1-2H3,(H,32,35)/t21-,27+/m0/s1. The molecule has 0 saturated carbocycles. The van der Waals surface area contributed by atoms with Gasteiger partial charge in [0.15, 0.2) is 0 Å². The molecule has 36 heavy (non-hydrogen) atoms. The Morgan fingerprint density at radius 1 is 0.861 bits per heavy atom. The molecule has 2 amide bonds. The van der Waals surface area contributed by atoms with Crippen LogP contribution in [0, 0.1) is 11.6 Å². The Hall–Kier alpha value is -3.19. The highest BCUT2D eigenvalue weighted by molar-refractivity contribution is 7.99. The summed E-state index contributed by atoms with van der Waals surface area (Å²) in [6.07, 6.45) is 1.13. The summed E-state index contributed by atoms with van der Waals surface area (Å²) in [5, 5.41) is 3.03.